The monoisotopic (exact) mass is 168 g/mol. The van der Waals surface area contributed by atoms with E-state index in [4.69, 9.17) is 5.11 Å². The lowest BCUT2D eigenvalue weighted by Gasteiger charge is -1.90. The Labute approximate surface area is 76.5 Å². The van der Waals surface area contributed by atoms with Gasteiger partial charge in [0.1, 0.15) is 0 Å². The molecule has 0 unspecified atom stereocenters. The van der Waals surface area contributed by atoms with E-state index in [9.17, 15) is 0 Å². The first-order valence-corrected chi connectivity index (χ1v) is 4.23. The maximum absolute atomic E-state index is 8.06. The summed E-state index contributed by atoms with van der Waals surface area (Å²) in [5.41, 5.74) is 2.66. The van der Waals surface area contributed by atoms with Crippen LogP contribution in [0.2, 0.25) is 0 Å². The average molecular weight is 168 g/mol. The van der Waals surface area contributed by atoms with Gasteiger partial charge in [-0.1, -0.05) is 35.4 Å². The second-order valence-corrected chi connectivity index (χ2v) is 3.25. The van der Waals surface area contributed by atoms with Crippen molar-refractivity contribution >= 4 is 0 Å². The largest absolute Gasteiger partial charge is 0.394 e. The normalized spacial score (nSPS) is 9.17. The van der Waals surface area contributed by atoms with E-state index in [1.165, 1.54) is 11.1 Å². The Morgan fingerprint density at radius 3 is 1.33 bits per heavy atom. The molecule has 0 radical (unpaired) electrons. The van der Waals surface area contributed by atoms with Gasteiger partial charge in [-0.2, -0.15) is 0 Å². The summed E-state index contributed by atoms with van der Waals surface area (Å²) in [5.74, 6) is 0. The molecule has 70 valence electrons. The zero-order chi connectivity index (χ0) is 9.56. The number of hydrogen-bond donors (Lipinski definition) is 1. The first-order chi connectivity index (χ1) is 5.52. The smallest absolute Gasteiger partial charge is 0.0483 e. The molecule has 0 fully saturated rings. The average Bonchev–Trinajstić information content (AvgIpc) is 1.94. The standard InChI is InChI=1S/C8H10.C3H8O.H2/c1-7-3-5-8(2)6-4-7;1-3(2)4;/h3-6H,1-2H3;3-4H,1-2H3;1H. The molecule has 0 aliphatic rings. The molecule has 12 heavy (non-hydrogen) atoms. The fourth-order valence-electron chi connectivity index (χ4n) is 0.637. The lowest BCUT2D eigenvalue weighted by atomic mass is 10.2. The highest BCUT2D eigenvalue weighted by Crippen LogP contribution is 1.99. The minimum Gasteiger partial charge on any atom is -0.394 e. The van der Waals surface area contributed by atoms with Crippen molar-refractivity contribution < 1.29 is 6.53 Å². The predicted molar refractivity (Wildman–Crippen MR) is 55.4 cm³/mol. The Morgan fingerprint density at radius 1 is 1.00 bits per heavy atom. The number of aliphatic hydroxyl groups is 1. The summed E-state index contributed by atoms with van der Waals surface area (Å²) in [6, 6.07) is 8.48. The van der Waals surface area contributed by atoms with Crippen molar-refractivity contribution in [3.8, 4) is 0 Å². The zero-order valence-electron chi connectivity index (χ0n) is 8.33. The zero-order valence-corrected chi connectivity index (χ0v) is 8.33. The van der Waals surface area contributed by atoms with Crippen molar-refractivity contribution in [2.75, 3.05) is 0 Å². The van der Waals surface area contributed by atoms with E-state index in [-0.39, 0.29) is 7.53 Å². The molecule has 0 atom stereocenters. The molecule has 0 saturated heterocycles. The van der Waals surface area contributed by atoms with Crippen molar-refractivity contribution in [1.82, 2.24) is 0 Å². The summed E-state index contributed by atoms with van der Waals surface area (Å²) in [7, 11) is 0. The molecule has 1 heteroatoms. The molecule has 1 aromatic rings. The van der Waals surface area contributed by atoms with Crippen LogP contribution >= 0.6 is 0 Å². The molecule has 1 N–H and O–H groups in total. The highest BCUT2D eigenvalue weighted by molar-refractivity contribution is 5.19. The van der Waals surface area contributed by atoms with Crippen molar-refractivity contribution in [2.24, 2.45) is 0 Å². The van der Waals surface area contributed by atoms with E-state index in [0.717, 1.165) is 0 Å². The van der Waals surface area contributed by atoms with Gasteiger partial charge < -0.3 is 5.11 Å². The van der Waals surface area contributed by atoms with Gasteiger partial charge in [0.15, 0.2) is 0 Å². The Morgan fingerprint density at radius 2 is 1.17 bits per heavy atom. The molecule has 1 rings (SSSR count). The lowest BCUT2D eigenvalue weighted by Crippen LogP contribution is -1.85. The van der Waals surface area contributed by atoms with E-state index in [2.05, 4.69) is 38.1 Å². The van der Waals surface area contributed by atoms with E-state index in [1.54, 1.807) is 13.8 Å². The van der Waals surface area contributed by atoms with Crippen LogP contribution in [0.3, 0.4) is 0 Å². The third-order valence-electron chi connectivity index (χ3n) is 1.22. The second-order valence-electron chi connectivity index (χ2n) is 3.25. The van der Waals surface area contributed by atoms with E-state index in [1.807, 2.05) is 0 Å². The molecule has 0 spiro atoms. The summed E-state index contributed by atoms with van der Waals surface area (Å²) in [6.45, 7) is 7.64. The van der Waals surface area contributed by atoms with Crippen LogP contribution in [-0.4, -0.2) is 11.2 Å². The number of aryl methyl sites for hydroxylation is 2. The second kappa shape index (κ2) is 5.78. The fraction of sp³-hybridized carbons (Fsp3) is 0.455. The van der Waals surface area contributed by atoms with Gasteiger partial charge in [-0.15, -0.1) is 0 Å². The van der Waals surface area contributed by atoms with Gasteiger partial charge in [0.05, 0.1) is 0 Å². The quantitative estimate of drug-likeness (QED) is 0.631. The maximum Gasteiger partial charge on any atom is 0.0483 e. The molecule has 1 aromatic carbocycles. The molecule has 0 saturated carbocycles. The van der Waals surface area contributed by atoms with Crippen LogP contribution in [0.15, 0.2) is 24.3 Å². The van der Waals surface area contributed by atoms with E-state index >= 15 is 0 Å². The SMILES string of the molecule is CC(C)O.Cc1ccc(C)cc1.[HH]. The van der Waals surface area contributed by atoms with Crippen LogP contribution in [0.25, 0.3) is 0 Å². The lowest BCUT2D eigenvalue weighted by molar-refractivity contribution is 0.216. The molecule has 0 aliphatic heterocycles. The number of rotatable bonds is 0. The van der Waals surface area contributed by atoms with Gasteiger partial charge in [-0.05, 0) is 27.7 Å². The van der Waals surface area contributed by atoms with E-state index < -0.39 is 0 Å². The highest BCUT2D eigenvalue weighted by atomic mass is 16.3. The van der Waals surface area contributed by atoms with Gasteiger partial charge in [0.25, 0.3) is 0 Å². The topological polar surface area (TPSA) is 20.2 Å². The Kier molecular flexibility index (Phi) is 5.39. The van der Waals surface area contributed by atoms with Crippen molar-refractivity contribution in [3.63, 3.8) is 0 Å². The first kappa shape index (κ1) is 11.2. The van der Waals surface area contributed by atoms with Gasteiger partial charge >= 0.3 is 0 Å². The summed E-state index contributed by atoms with van der Waals surface area (Å²) < 4.78 is 0. The van der Waals surface area contributed by atoms with Crippen molar-refractivity contribution in [3.05, 3.63) is 35.4 Å². The summed E-state index contributed by atoms with van der Waals surface area (Å²) >= 11 is 0. The molecule has 0 heterocycles. The van der Waals surface area contributed by atoms with Crippen LogP contribution < -0.4 is 0 Å². The third-order valence-corrected chi connectivity index (χ3v) is 1.22. The van der Waals surface area contributed by atoms with Crippen LogP contribution in [-0.2, 0) is 0 Å². The van der Waals surface area contributed by atoms with Crippen LogP contribution in [0, 0.1) is 13.8 Å². The van der Waals surface area contributed by atoms with Crippen LogP contribution in [0.1, 0.15) is 26.4 Å². The summed E-state index contributed by atoms with van der Waals surface area (Å²) in [4.78, 5) is 0. The Hall–Kier alpha value is -0.820. The molecule has 0 aliphatic carbocycles. The summed E-state index contributed by atoms with van der Waals surface area (Å²) in [6.07, 6.45) is -0.167. The molecule has 0 bridgehead atoms. The fourth-order valence-corrected chi connectivity index (χ4v) is 0.637. The molecular weight excluding hydrogens is 148 g/mol. The molecule has 0 amide bonds. The van der Waals surface area contributed by atoms with Crippen LogP contribution in [0.4, 0.5) is 0 Å². The highest BCUT2D eigenvalue weighted by Gasteiger charge is 1.79. The van der Waals surface area contributed by atoms with E-state index in [0.29, 0.717) is 0 Å². The molecule has 0 aromatic heterocycles. The first-order valence-electron chi connectivity index (χ1n) is 4.23. The van der Waals surface area contributed by atoms with Crippen molar-refractivity contribution in [2.45, 2.75) is 33.8 Å². The van der Waals surface area contributed by atoms with Gasteiger partial charge in [-0.25, -0.2) is 0 Å². The van der Waals surface area contributed by atoms with Gasteiger partial charge in [-0.3, -0.25) is 0 Å². The number of aliphatic hydroxyl groups excluding tert-OH is 1. The summed E-state index contributed by atoms with van der Waals surface area (Å²) in [5, 5.41) is 8.06. The number of benzene rings is 1. The molecule has 1 nitrogen and oxygen atoms in total. The minimum absolute atomic E-state index is 0. The third kappa shape index (κ3) is 7.29. The van der Waals surface area contributed by atoms with Gasteiger partial charge in [0, 0.05) is 7.53 Å². The molecular formula is C11H20O. The van der Waals surface area contributed by atoms with Gasteiger partial charge in [0.2, 0.25) is 0 Å². The minimum atomic E-state index is -0.167. The van der Waals surface area contributed by atoms with Crippen molar-refractivity contribution in [1.29, 1.82) is 0 Å². The Bertz CT molecular complexity index is 180. The van der Waals surface area contributed by atoms with Crippen LogP contribution in [0.5, 0.6) is 0 Å². The maximum atomic E-state index is 8.06. The number of hydrogen-bond acceptors (Lipinski definition) is 1. The predicted octanol–water partition coefficient (Wildman–Crippen LogP) is 2.94. The Balaban J connectivity index is 0.